The lowest BCUT2D eigenvalue weighted by atomic mass is 10.2. The van der Waals surface area contributed by atoms with Crippen LogP contribution in [0.2, 0.25) is 0 Å². The van der Waals surface area contributed by atoms with Gasteiger partial charge in [-0.1, -0.05) is 36.4 Å². The fourth-order valence-electron chi connectivity index (χ4n) is 5.12. The summed E-state index contributed by atoms with van der Waals surface area (Å²) >= 11 is 2.56. The molecule has 4 amide bonds. The van der Waals surface area contributed by atoms with Crippen molar-refractivity contribution in [1.29, 1.82) is 0 Å². The summed E-state index contributed by atoms with van der Waals surface area (Å²) in [5.41, 5.74) is 19.1. The van der Waals surface area contributed by atoms with Crippen LogP contribution in [0.15, 0.2) is 151 Å². The van der Waals surface area contributed by atoms with E-state index in [-0.39, 0.29) is 6.03 Å². The fourth-order valence-corrected chi connectivity index (χ4v) is 6.91. The van der Waals surface area contributed by atoms with Crippen molar-refractivity contribution in [2.45, 2.75) is 0 Å². The number of urea groups is 1. The Bertz CT molecular complexity index is 2720. The van der Waals surface area contributed by atoms with Crippen LogP contribution in [0.3, 0.4) is 0 Å². The molecule has 0 aliphatic rings. The molecule has 0 spiro atoms. The van der Waals surface area contributed by atoms with Crippen molar-refractivity contribution in [3.05, 3.63) is 156 Å². The van der Waals surface area contributed by atoms with E-state index in [9.17, 15) is 19.2 Å². The molecule has 4 aromatic heterocycles. The van der Waals surface area contributed by atoms with Gasteiger partial charge in [0.1, 0.15) is 11.5 Å². The Hall–Kier alpha value is -7.95. The van der Waals surface area contributed by atoms with Crippen LogP contribution in [0.5, 0.6) is 23.0 Å². The van der Waals surface area contributed by atoms with Gasteiger partial charge in [-0.15, -0.1) is 22.7 Å². The van der Waals surface area contributed by atoms with E-state index in [2.05, 4.69) is 25.6 Å². The van der Waals surface area contributed by atoms with Gasteiger partial charge in [0.15, 0.2) is 17.8 Å². The molecule has 0 radical (unpaired) electrons. The van der Waals surface area contributed by atoms with E-state index in [4.69, 9.17) is 26.7 Å². The molecule has 4 heterocycles. The number of aliphatic imine (C=N–C) groups is 1. The Labute approximate surface area is 345 Å². The maximum absolute atomic E-state index is 12.1. The van der Waals surface area contributed by atoms with Gasteiger partial charge in [0, 0.05) is 40.2 Å². The highest BCUT2D eigenvalue weighted by Crippen LogP contribution is 2.36. The number of amides is 4. The van der Waals surface area contributed by atoms with E-state index in [1.54, 1.807) is 97.6 Å². The Morgan fingerprint density at radius 1 is 0.610 bits per heavy atom. The molecule has 59 heavy (non-hydrogen) atoms. The van der Waals surface area contributed by atoms with Gasteiger partial charge in [-0.3, -0.25) is 29.3 Å². The molecule has 8 N–H and O–H groups in total. The first-order valence-electron chi connectivity index (χ1n) is 17.5. The third-order valence-electron chi connectivity index (χ3n) is 7.83. The van der Waals surface area contributed by atoms with Gasteiger partial charge in [0.2, 0.25) is 0 Å². The number of pyridine rings is 2. The number of ether oxygens (including phenoxy) is 2. The summed E-state index contributed by atoms with van der Waals surface area (Å²) in [7, 11) is 0. The number of benzene rings is 4. The lowest BCUT2D eigenvalue weighted by Gasteiger charge is -2.09. The van der Waals surface area contributed by atoms with Gasteiger partial charge in [0.05, 0.1) is 43.4 Å². The Morgan fingerprint density at radius 3 is 1.54 bits per heavy atom. The van der Waals surface area contributed by atoms with Gasteiger partial charge in [-0.25, -0.2) is 4.79 Å². The average Bonchev–Trinajstić information content (AvgIpc) is 3.90. The number of rotatable bonds is 10. The largest absolute Gasteiger partial charge is 0.455 e. The number of nitrogens with zero attached hydrogens (tertiary/aromatic N) is 3. The minimum absolute atomic E-state index is 0.337. The second-order valence-corrected chi connectivity index (χ2v) is 14.2. The highest BCUT2D eigenvalue weighted by Gasteiger charge is 2.13. The summed E-state index contributed by atoms with van der Waals surface area (Å²) in [6, 6.07) is 35.6. The van der Waals surface area contributed by atoms with Crippen molar-refractivity contribution in [2.75, 3.05) is 16.4 Å². The number of fused-ring (bicyclic) bond motifs is 2. The zero-order valence-corrected chi connectivity index (χ0v) is 32.5. The predicted molar refractivity (Wildman–Crippen MR) is 233 cm³/mol. The first-order valence-corrected chi connectivity index (χ1v) is 19.1. The molecule has 294 valence electrons. The molecule has 0 bridgehead atoms. The highest BCUT2D eigenvalue weighted by molar-refractivity contribution is 7.21. The monoisotopic (exact) mass is 822 g/mol. The average molecular weight is 823 g/mol. The second-order valence-electron chi connectivity index (χ2n) is 12.0. The molecule has 0 aliphatic heterocycles. The van der Waals surface area contributed by atoms with Gasteiger partial charge < -0.3 is 37.3 Å². The normalized spacial score (nSPS) is 10.4. The number of primary amides is 2. The maximum atomic E-state index is 12.1. The van der Waals surface area contributed by atoms with Crippen molar-refractivity contribution in [1.82, 2.24) is 9.97 Å². The standard InChI is InChI=1S/C21H16N4O3S.C14H11N3O2S.C8H7NO/c22-20(26)18-10-16-17(11-23-12-19(16)29-18)28-15-8-6-14(7-9-15)25-21(27)24-13-4-2-1-3-5-13;15-8-1-3-9(4-2-8)19-11-6-17-7-13-10(11)5-12(20-13)14(16)18;10-7-6-9-8-4-2-1-3-5-8/h1-12H,(H2,22,26)(H2,24,25,27);1-7H,15H2,(H2,16,18);1-7H. The third-order valence-corrected chi connectivity index (χ3v) is 9.99. The van der Waals surface area contributed by atoms with Crippen LogP contribution < -0.4 is 37.3 Å². The minimum Gasteiger partial charge on any atom is -0.455 e. The topological polar surface area (TPSA) is 227 Å². The fraction of sp³-hybridized carbons (Fsp3) is 0. The second kappa shape index (κ2) is 19.8. The van der Waals surface area contributed by atoms with Crippen molar-refractivity contribution in [3.63, 3.8) is 0 Å². The number of nitrogen functional groups attached to an aromatic ring is 1. The number of hydrogen-bond acceptors (Lipinski definition) is 12. The molecule has 0 atom stereocenters. The van der Waals surface area contributed by atoms with Crippen LogP contribution in [0.25, 0.3) is 20.2 Å². The molecular weight excluding hydrogens is 789 g/mol. The summed E-state index contributed by atoms with van der Waals surface area (Å²) < 4.78 is 13.3. The number of para-hydroxylation sites is 2. The molecule has 0 aliphatic carbocycles. The van der Waals surface area contributed by atoms with Crippen LogP contribution in [0.4, 0.5) is 27.5 Å². The summed E-state index contributed by atoms with van der Waals surface area (Å²) in [5.74, 6) is 1.39. The first kappa shape index (κ1) is 40.7. The van der Waals surface area contributed by atoms with Gasteiger partial charge in [0.25, 0.3) is 11.8 Å². The summed E-state index contributed by atoms with van der Waals surface area (Å²) in [6.45, 7) is 0. The van der Waals surface area contributed by atoms with E-state index in [1.807, 2.05) is 48.5 Å². The lowest BCUT2D eigenvalue weighted by molar-refractivity contribution is -0.102. The van der Waals surface area contributed by atoms with E-state index in [1.165, 1.54) is 28.9 Å². The number of nitrogens with one attached hydrogen (secondary N) is 2. The Balaban J connectivity index is 0.000000168. The number of carbonyl (C=O) groups excluding carboxylic acids is 4. The first-order chi connectivity index (χ1) is 28.6. The smallest absolute Gasteiger partial charge is 0.323 e. The molecule has 0 unspecified atom stereocenters. The highest BCUT2D eigenvalue weighted by atomic mass is 32.1. The molecule has 16 heteroatoms. The summed E-state index contributed by atoms with van der Waals surface area (Å²) in [4.78, 5) is 57.6. The minimum atomic E-state index is -0.485. The number of anilines is 3. The van der Waals surface area contributed by atoms with E-state index < -0.39 is 11.8 Å². The van der Waals surface area contributed by atoms with Crippen LogP contribution in [-0.4, -0.2) is 40.3 Å². The zero-order chi connectivity index (χ0) is 41.6. The molecule has 0 fully saturated rings. The Kier molecular flexibility index (Phi) is 13.6. The Morgan fingerprint density at radius 2 is 1.07 bits per heavy atom. The van der Waals surface area contributed by atoms with Crippen molar-refractivity contribution in [3.8, 4) is 23.0 Å². The summed E-state index contributed by atoms with van der Waals surface area (Å²) in [5, 5.41) is 7.09. The molecule has 8 aromatic rings. The maximum Gasteiger partial charge on any atom is 0.323 e. The van der Waals surface area contributed by atoms with E-state index in [0.29, 0.717) is 56.1 Å². The van der Waals surface area contributed by atoms with Crippen molar-refractivity contribution >= 4 is 95.9 Å². The molecule has 14 nitrogen and oxygen atoms in total. The molecule has 0 saturated carbocycles. The molecule has 0 saturated heterocycles. The number of hydrogen-bond donors (Lipinski definition) is 5. The number of thiophene rings is 2. The van der Waals surface area contributed by atoms with E-state index in [0.717, 1.165) is 25.9 Å². The molecular formula is C43H34N8O6S2. The van der Waals surface area contributed by atoms with Gasteiger partial charge in [-0.05, 0) is 84.9 Å². The van der Waals surface area contributed by atoms with E-state index >= 15 is 0 Å². The molecule has 4 aromatic carbocycles. The third kappa shape index (κ3) is 11.5. The lowest BCUT2D eigenvalue weighted by Crippen LogP contribution is -2.19. The molecule has 8 rings (SSSR count). The van der Waals surface area contributed by atoms with Crippen molar-refractivity contribution < 1.29 is 28.7 Å². The number of nitrogens with two attached hydrogens (primary N) is 3. The number of aldehydes is 1. The van der Waals surface area contributed by atoms with Crippen LogP contribution in [-0.2, 0) is 4.79 Å². The number of carbonyl (C=O) groups is 4. The van der Waals surface area contributed by atoms with Gasteiger partial charge >= 0.3 is 6.03 Å². The van der Waals surface area contributed by atoms with Crippen LogP contribution >= 0.6 is 22.7 Å². The zero-order valence-electron chi connectivity index (χ0n) is 30.9. The quantitative estimate of drug-likeness (QED) is 0.0502. The van der Waals surface area contributed by atoms with Crippen LogP contribution in [0.1, 0.15) is 19.3 Å². The summed E-state index contributed by atoms with van der Waals surface area (Å²) in [6.07, 6.45) is 8.43. The van der Waals surface area contributed by atoms with Crippen molar-refractivity contribution in [2.24, 2.45) is 16.5 Å². The predicted octanol–water partition coefficient (Wildman–Crippen LogP) is 9.19. The van der Waals surface area contributed by atoms with Gasteiger partial charge in [-0.2, -0.15) is 0 Å². The number of aromatic nitrogens is 2. The SMILES string of the molecule is NC(=O)c1cc2c(Oc3ccc(N)cc3)cncc2s1.NC(=O)c1cc2c(Oc3ccc(NC(=O)Nc4ccccc4)cc3)cncc2s1.O=CC=Nc1ccccc1. The van der Waals surface area contributed by atoms with Crippen LogP contribution in [0, 0.1) is 0 Å².